The number of phenols is 1. The number of ether oxygens (including phenoxy) is 2. The lowest BCUT2D eigenvalue weighted by molar-refractivity contribution is 0.415. The van der Waals surface area contributed by atoms with Gasteiger partial charge in [0.1, 0.15) is 23.4 Å². The van der Waals surface area contributed by atoms with Crippen LogP contribution in [-0.4, -0.2) is 27.2 Å². The normalized spacial score (nSPS) is 10.2. The first-order chi connectivity index (χ1) is 15.6. The Kier molecular flexibility index (Phi) is 6.00. The maximum Gasteiger partial charge on any atom is 0.167 e. The van der Waals surface area contributed by atoms with E-state index in [0.29, 0.717) is 28.8 Å². The molecule has 0 aliphatic heterocycles. The topological polar surface area (TPSA) is 77.4 Å². The van der Waals surface area contributed by atoms with Crippen LogP contribution in [0.3, 0.4) is 0 Å². The zero-order valence-electron chi connectivity index (χ0n) is 18.0. The molecule has 1 N–H and O–H groups in total. The van der Waals surface area contributed by atoms with Crippen LogP contribution in [0, 0.1) is 19.0 Å². The van der Waals surface area contributed by atoms with E-state index in [1.165, 1.54) is 0 Å². The van der Waals surface area contributed by atoms with E-state index in [9.17, 15) is 5.11 Å². The minimum absolute atomic E-state index is 0.115. The number of aryl methyl sites for hydroxylation is 1. The highest BCUT2D eigenvalue weighted by Crippen LogP contribution is 2.31. The van der Waals surface area contributed by atoms with Crippen LogP contribution in [0.25, 0.3) is 34.2 Å². The molecule has 0 fully saturated rings. The number of aromatic hydroxyl groups is 1. The van der Waals surface area contributed by atoms with Gasteiger partial charge in [-0.05, 0) is 73.2 Å². The third kappa shape index (κ3) is 4.52. The van der Waals surface area contributed by atoms with Crippen molar-refractivity contribution in [2.24, 2.45) is 0 Å². The van der Waals surface area contributed by atoms with Gasteiger partial charge in [0.05, 0.1) is 12.7 Å². The third-order valence-electron chi connectivity index (χ3n) is 4.76. The molecular weight excluding hydrogens is 402 g/mol. The van der Waals surface area contributed by atoms with Crippen LogP contribution in [0.1, 0.15) is 12.5 Å². The SMILES string of the molecule is CC#COc1ccc(-c2nc(-c3ccc(OC)cc3)nc(-c3ccc(C)cc3O)n2)cc1. The summed E-state index contributed by atoms with van der Waals surface area (Å²) in [5.41, 5.74) is 3.07. The molecule has 0 spiro atoms. The quantitative estimate of drug-likeness (QED) is 0.442. The summed E-state index contributed by atoms with van der Waals surface area (Å²) in [6.07, 6.45) is 2.58. The highest BCUT2D eigenvalue weighted by Gasteiger charge is 2.15. The van der Waals surface area contributed by atoms with Crippen LogP contribution in [0.2, 0.25) is 0 Å². The van der Waals surface area contributed by atoms with Gasteiger partial charge in [0.25, 0.3) is 0 Å². The molecular formula is C26H21N3O3. The van der Waals surface area contributed by atoms with E-state index in [1.54, 1.807) is 32.2 Å². The largest absolute Gasteiger partial charge is 0.507 e. The molecule has 0 aliphatic carbocycles. The van der Waals surface area contributed by atoms with E-state index in [4.69, 9.17) is 9.47 Å². The maximum atomic E-state index is 10.5. The summed E-state index contributed by atoms with van der Waals surface area (Å²) in [7, 11) is 1.62. The van der Waals surface area contributed by atoms with Crippen molar-refractivity contribution in [3.05, 3.63) is 72.3 Å². The van der Waals surface area contributed by atoms with Crippen molar-refractivity contribution in [1.29, 1.82) is 0 Å². The first kappa shape index (κ1) is 20.9. The molecule has 158 valence electrons. The van der Waals surface area contributed by atoms with Gasteiger partial charge in [0, 0.05) is 18.1 Å². The molecule has 0 unspecified atom stereocenters. The van der Waals surface area contributed by atoms with E-state index in [-0.39, 0.29) is 5.75 Å². The zero-order chi connectivity index (χ0) is 22.5. The van der Waals surface area contributed by atoms with E-state index >= 15 is 0 Å². The molecule has 3 aromatic carbocycles. The predicted molar refractivity (Wildman–Crippen MR) is 123 cm³/mol. The Labute approximate surface area is 186 Å². The second kappa shape index (κ2) is 9.19. The summed E-state index contributed by atoms with van der Waals surface area (Å²) in [5.74, 6) is 5.53. The summed E-state index contributed by atoms with van der Waals surface area (Å²) in [6.45, 7) is 3.62. The lowest BCUT2D eigenvalue weighted by Crippen LogP contribution is -2.00. The summed E-state index contributed by atoms with van der Waals surface area (Å²) in [4.78, 5) is 14.0. The Morgan fingerprint density at radius 3 is 1.84 bits per heavy atom. The number of rotatable bonds is 5. The van der Waals surface area contributed by atoms with Gasteiger partial charge in [-0.25, -0.2) is 15.0 Å². The Balaban J connectivity index is 1.83. The summed E-state index contributed by atoms with van der Waals surface area (Å²) in [5, 5.41) is 10.5. The number of hydrogen-bond donors (Lipinski definition) is 1. The maximum absolute atomic E-state index is 10.5. The van der Waals surface area contributed by atoms with Gasteiger partial charge in [-0.15, -0.1) is 0 Å². The average Bonchev–Trinajstić information content (AvgIpc) is 2.83. The van der Waals surface area contributed by atoms with E-state index in [2.05, 4.69) is 27.0 Å². The van der Waals surface area contributed by atoms with Crippen LogP contribution >= 0.6 is 0 Å². The molecule has 4 aromatic rings. The fourth-order valence-corrected chi connectivity index (χ4v) is 3.11. The molecule has 32 heavy (non-hydrogen) atoms. The summed E-state index contributed by atoms with van der Waals surface area (Å²) < 4.78 is 10.6. The van der Waals surface area contributed by atoms with Gasteiger partial charge < -0.3 is 14.6 Å². The Hall–Kier alpha value is -4.37. The second-order valence-corrected chi connectivity index (χ2v) is 7.03. The van der Waals surface area contributed by atoms with Crippen molar-refractivity contribution >= 4 is 0 Å². The van der Waals surface area contributed by atoms with Gasteiger partial charge in [0.2, 0.25) is 0 Å². The molecule has 0 atom stereocenters. The smallest absolute Gasteiger partial charge is 0.167 e. The van der Waals surface area contributed by atoms with Crippen molar-refractivity contribution in [2.75, 3.05) is 7.11 Å². The molecule has 4 rings (SSSR count). The Morgan fingerprint density at radius 2 is 1.31 bits per heavy atom. The van der Waals surface area contributed by atoms with E-state index < -0.39 is 0 Å². The minimum atomic E-state index is 0.115. The summed E-state index contributed by atoms with van der Waals surface area (Å²) in [6, 6.07) is 20.2. The van der Waals surface area contributed by atoms with Crippen LogP contribution in [0.15, 0.2) is 66.7 Å². The van der Waals surface area contributed by atoms with Crippen LogP contribution in [-0.2, 0) is 0 Å². The second-order valence-electron chi connectivity index (χ2n) is 7.03. The zero-order valence-corrected chi connectivity index (χ0v) is 18.0. The molecule has 0 saturated heterocycles. The first-order valence-electron chi connectivity index (χ1n) is 9.97. The molecule has 0 saturated carbocycles. The number of nitrogens with zero attached hydrogens (tertiary/aromatic N) is 3. The Bertz CT molecular complexity index is 1310. The number of aromatic nitrogens is 3. The standard InChI is InChI=1S/C26H21N3O3/c1-4-15-32-21-12-8-19(9-13-21)25-27-24(18-6-10-20(31-3)11-7-18)28-26(29-25)22-14-5-17(2)16-23(22)30/h5-14,16,30H,1-3H3. The first-order valence-corrected chi connectivity index (χ1v) is 9.97. The molecule has 0 aliphatic rings. The molecule has 1 aromatic heterocycles. The van der Waals surface area contributed by atoms with E-state index in [0.717, 1.165) is 22.4 Å². The lowest BCUT2D eigenvalue weighted by Gasteiger charge is -2.10. The number of hydrogen-bond acceptors (Lipinski definition) is 6. The minimum Gasteiger partial charge on any atom is -0.507 e. The van der Waals surface area contributed by atoms with Crippen LogP contribution in [0.5, 0.6) is 17.2 Å². The number of methoxy groups -OCH3 is 1. The molecule has 6 nitrogen and oxygen atoms in total. The van der Waals surface area contributed by atoms with Crippen molar-refractivity contribution < 1.29 is 14.6 Å². The van der Waals surface area contributed by atoms with Crippen LogP contribution < -0.4 is 9.47 Å². The molecule has 0 radical (unpaired) electrons. The van der Waals surface area contributed by atoms with E-state index in [1.807, 2.05) is 55.5 Å². The fraction of sp³-hybridized carbons (Fsp3) is 0.115. The molecule has 0 bridgehead atoms. The van der Waals surface area contributed by atoms with Gasteiger partial charge in [-0.1, -0.05) is 12.0 Å². The van der Waals surface area contributed by atoms with Gasteiger partial charge >= 0.3 is 0 Å². The Morgan fingerprint density at radius 1 is 0.750 bits per heavy atom. The molecule has 1 heterocycles. The van der Waals surface area contributed by atoms with Crippen molar-refractivity contribution in [3.63, 3.8) is 0 Å². The lowest BCUT2D eigenvalue weighted by atomic mass is 10.1. The third-order valence-corrected chi connectivity index (χ3v) is 4.76. The van der Waals surface area contributed by atoms with Crippen molar-refractivity contribution in [2.45, 2.75) is 13.8 Å². The summed E-state index contributed by atoms with van der Waals surface area (Å²) >= 11 is 0. The number of benzene rings is 3. The highest BCUT2D eigenvalue weighted by molar-refractivity contribution is 5.70. The fourth-order valence-electron chi connectivity index (χ4n) is 3.11. The predicted octanol–water partition coefficient (Wildman–Crippen LogP) is 5.25. The van der Waals surface area contributed by atoms with Crippen LogP contribution in [0.4, 0.5) is 0 Å². The molecule has 6 heteroatoms. The molecule has 0 amide bonds. The van der Waals surface area contributed by atoms with Gasteiger partial charge in [0.15, 0.2) is 17.5 Å². The number of phenolic OH excluding ortho intramolecular Hbond substituents is 1. The van der Waals surface area contributed by atoms with Gasteiger partial charge in [-0.2, -0.15) is 0 Å². The monoisotopic (exact) mass is 423 g/mol. The highest BCUT2D eigenvalue weighted by atomic mass is 16.5. The van der Waals surface area contributed by atoms with Crippen molar-refractivity contribution in [3.8, 4) is 63.4 Å². The van der Waals surface area contributed by atoms with Gasteiger partial charge in [-0.3, -0.25) is 0 Å². The average molecular weight is 423 g/mol. The van der Waals surface area contributed by atoms with Crippen molar-refractivity contribution in [1.82, 2.24) is 15.0 Å².